The van der Waals surface area contributed by atoms with E-state index in [1.807, 2.05) is 0 Å². The molecule has 0 radical (unpaired) electrons. The van der Waals surface area contributed by atoms with Crippen LogP contribution in [0.25, 0.3) is 10.9 Å². The quantitative estimate of drug-likeness (QED) is 0.411. The maximum atomic E-state index is 14.6. The van der Waals surface area contributed by atoms with Crippen LogP contribution in [0.2, 0.25) is 0 Å². The number of nitro groups is 1. The van der Waals surface area contributed by atoms with Gasteiger partial charge in [0, 0.05) is 47.2 Å². The van der Waals surface area contributed by atoms with Crippen molar-refractivity contribution in [1.82, 2.24) is 15.5 Å². The van der Waals surface area contributed by atoms with Crippen LogP contribution >= 0.6 is 0 Å². The van der Waals surface area contributed by atoms with Gasteiger partial charge in [0.25, 0.3) is 5.69 Å². The molecule has 1 unspecified atom stereocenters. The van der Waals surface area contributed by atoms with Crippen LogP contribution in [0.5, 0.6) is 0 Å². The summed E-state index contributed by atoms with van der Waals surface area (Å²) in [5.41, 5.74) is 0.756. The number of carbonyl (C=O) groups is 2. The van der Waals surface area contributed by atoms with Gasteiger partial charge >= 0.3 is 0 Å². The smallest absolute Gasteiger partial charge is 0.269 e. The zero-order chi connectivity index (χ0) is 23.0. The second-order valence-electron chi connectivity index (χ2n) is 7.43. The number of non-ortho nitro benzene ring substituents is 1. The number of nitrogens with zero attached hydrogens (tertiary/aromatic N) is 2. The molecule has 2 amide bonds. The number of hydrogen-bond acceptors (Lipinski definition) is 5. The molecule has 0 aliphatic carbocycles. The number of fused-ring (bicyclic) bond motifs is 1. The van der Waals surface area contributed by atoms with Crippen molar-refractivity contribution in [3.63, 3.8) is 0 Å². The summed E-state index contributed by atoms with van der Waals surface area (Å²) in [6.45, 7) is 1.56. The molecule has 2 heterocycles. The van der Waals surface area contributed by atoms with Crippen LogP contribution in [-0.2, 0) is 9.59 Å². The van der Waals surface area contributed by atoms with Crippen molar-refractivity contribution in [2.75, 3.05) is 5.32 Å². The molecule has 164 valence electrons. The Labute approximate surface area is 179 Å². The summed E-state index contributed by atoms with van der Waals surface area (Å²) in [7, 11) is 0. The van der Waals surface area contributed by atoms with Crippen molar-refractivity contribution in [2.24, 2.45) is 0 Å². The van der Waals surface area contributed by atoms with Crippen LogP contribution in [0.4, 0.5) is 20.2 Å². The Morgan fingerprint density at radius 2 is 2.06 bits per heavy atom. The molecule has 32 heavy (non-hydrogen) atoms. The topological polar surface area (TPSA) is 130 Å². The van der Waals surface area contributed by atoms with Crippen molar-refractivity contribution in [3.05, 3.63) is 75.1 Å². The number of halogens is 2. The van der Waals surface area contributed by atoms with Gasteiger partial charge in [0.1, 0.15) is 11.6 Å². The SMILES string of the molecule is CC1=C(CC(=O)Nc2cc3cn[nH]c3cc2F)C(c2cc([N+](=O)[O-])ccc2F)CC(=O)N1. The molecule has 1 aliphatic rings. The first-order valence-corrected chi connectivity index (χ1v) is 9.58. The Kier molecular flexibility index (Phi) is 5.39. The van der Waals surface area contributed by atoms with Crippen LogP contribution in [-0.4, -0.2) is 26.9 Å². The second-order valence-corrected chi connectivity index (χ2v) is 7.43. The van der Waals surface area contributed by atoms with Crippen LogP contribution in [0.3, 0.4) is 0 Å². The van der Waals surface area contributed by atoms with Gasteiger partial charge in [-0.15, -0.1) is 0 Å². The highest BCUT2D eigenvalue weighted by Gasteiger charge is 2.31. The number of benzene rings is 2. The summed E-state index contributed by atoms with van der Waals surface area (Å²) in [4.78, 5) is 35.3. The van der Waals surface area contributed by atoms with E-state index in [1.54, 1.807) is 6.92 Å². The summed E-state index contributed by atoms with van der Waals surface area (Å²) < 4.78 is 28.9. The number of nitrogens with one attached hydrogen (secondary N) is 3. The van der Waals surface area contributed by atoms with Crippen molar-refractivity contribution in [3.8, 4) is 0 Å². The van der Waals surface area contributed by atoms with Crippen LogP contribution in [0, 0.1) is 21.7 Å². The molecule has 0 bridgehead atoms. The maximum absolute atomic E-state index is 14.6. The molecule has 1 aliphatic heterocycles. The first kappa shape index (κ1) is 21.1. The third-order valence-electron chi connectivity index (χ3n) is 5.34. The monoisotopic (exact) mass is 441 g/mol. The van der Waals surface area contributed by atoms with Gasteiger partial charge in [0.15, 0.2) is 0 Å². The van der Waals surface area contributed by atoms with E-state index in [9.17, 15) is 28.5 Å². The Balaban J connectivity index is 1.64. The molecule has 0 saturated heterocycles. The minimum atomic E-state index is -0.879. The zero-order valence-electron chi connectivity index (χ0n) is 16.7. The van der Waals surface area contributed by atoms with Gasteiger partial charge in [-0.25, -0.2) is 8.78 Å². The fraction of sp³-hybridized carbons (Fsp3) is 0.190. The van der Waals surface area contributed by atoms with Gasteiger partial charge in [-0.05, 0) is 24.6 Å². The van der Waals surface area contributed by atoms with E-state index in [0.717, 1.165) is 18.2 Å². The molecule has 1 atom stereocenters. The van der Waals surface area contributed by atoms with E-state index < -0.39 is 34.3 Å². The number of amides is 2. The lowest BCUT2D eigenvalue weighted by Gasteiger charge is -2.28. The Bertz CT molecular complexity index is 1300. The van der Waals surface area contributed by atoms with E-state index in [-0.39, 0.29) is 29.8 Å². The first-order valence-electron chi connectivity index (χ1n) is 9.58. The van der Waals surface area contributed by atoms with Gasteiger partial charge in [-0.3, -0.25) is 24.8 Å². The molecule has 2 aromatic carbocycles. The Morgan fingerprint density at radius 1 is 1.28 bits per heavy atom. The standard InChI is InChI=1S/C21H17F2N5O4/c1-10-13(6-21(30)26-19-4-11-9-24-27-18(11)8-17(19)23)14(7-20(29)25-10)15-5-12(28(31)32)2-3-16(15)22/h2-5,8-9,14H,6-7H2,1H3,(H,24,27)(H,25,29)(H,26,30). The largest absolute Gasteiger partial charge is 0.330 e. The molecular formula is C21H17F2N5O4. The molecule has 4 rings (SSSR count). The van der Waals surface area contributed by atoms with Gasteiger partial charge in [-0.2, -0.15) is 5.10 Å². The number of hydrogen-bond donors (Lipinski definition) is 3. The number of nitro benzene ring substituents is 1. The Hall–Kier alpha value is -4.15. The number of H-pyrrole nitrogens is 1. The summed E-state index contributed by atoms with van der Waals surface area (Å²) >= 11 is 0. The average molecular weight is 441 g/mol. The average Bonchev–Trinajstić information content (AvgIpc) is 3.17. The van der Waals surface area contributed by atoms with Crippen LogP contribution in [0.1, 0.15) is 31.2 Å². The van der Waals surface area contributed by atoms with Gasteiger partial charge < -0.3 is 10.6 Å². The lowest BCUT2D eigenvalue weighted by molar-refractivity contribution is -0.385. The van der Waals surface area contributed by atoms with Crippen molar-refractivity contribution < 1.29 is 23.3 Å². The highest BCUT2D eigenvalue weighted by atomic mass is 19.1. The van der Waals surface area contributed by atoms with Gasteiger partial charge in [0.2, 0.25) is 11.8 Å². The molecule has 11 heteroatoms. The molecule has 0 fully saturated rings. The second kappa shape index (κ2) is 8.17. The summed E-state index contributed by atoms with van der Waals surface area (Å²) in [6, 6.07) is 5.68. The van der Waals surface area contributed by atoms with Crippen molar-refractivity contribution >= 4 is 34.1 Å². The number of aromatic amines is 1. The summed E-state index contributed by atoms with van der Waals surface area (Å²) in [5, 5.41) is 23.2. The number of anilines is 1. The minimum Gasteiger partial charge on any atom is -0.330 e. The van der Waals surface area contributed by atoms with E-state index in [2.05, 4.69) is 20.8 Å². The minimum absolute atomic E-state index is 0.0535. The predicted octanol–water partition coefficient (Wildman–Crippen LogP) is 3.66. The van der Waals surface area contributed by atoms with Crippen molar-refractivity contribution in [2.45, 2.75) is 25.7 Å². The number of aromatic nitrogens is 2. The third-order valence-corrected chi connectivity index (χ3v) is 5.34. The normalized spacial score (nSPS) is 16.2. The maximum Gasteiger partial charge on any atom is 0.269 e. The van der Waals surface area contributed by atoms with E-state index in [4.69, 9.17) is 0 Å². The lowest BCUT2D eigenvalue weighted by Crippen LogP contribution is -2.32. The molecular weight excluding hydrogens is 424 g/mol. The van der Waals surface area contributed by atoms with Gasteiger partial charge in [-0.1, -0.05) is 0 Å². The fourth-order valence-corrected chi connectivity index (χ4v) is 3.80. The molecule has 3 N–H and O–H groups in total. The van der Waals surface area contributed by atoms with E-state index in [0.29, 0.717) is 22.2 Å². The predicted molar refractivity (Wildman–Crippen MR) is 111 cm³/mol. The lowest BCUT2D eigenvalue weighted by atomic mass is 9.82. The van der Waals surface area contributed by atoms with Crippen LogP contribution in [0.15, 0.2) is 47.8 Å². The molecule has 9 nitrogen and oxygen atoms in total. The van der Waals surface area contributed by atoms with Crippen molar-refractivity contribution in [1.29, 1.82) is 0 Å². The first-order chi connectivity index (χ1) is 15.2. The Morgan fingerprint density at radius 3 is 2.81 bits per heavy atom. The highest BCUT2D eigenvalue weighted by molar-refractivity contribution is 5.95. The summed E-state index contributed by atoms with van der Waals surface area (Å²) in [5.74, 6) is -3.26. The van der Waals surface area contributed by atoms with Crippen LogP contribution < -0.4 is 10.6 Å². The number of rotatable bonds is 5. The fourth-order valence-electron chi connectivity index (χ4n) is 3.80. The molecule has 1 aromatic heterocycles. The third kappa shape index (κ3) is 4.04. The number of allylic oxidation sites excluding steroid dienone is 1. The highest BCUT2D eigenvalue weighted by Crippen LogP contribution is 2.37. The van der Waals surface area contributed by atoms with E-state index in [1.165, 1.54) is 18.3 Å². The molecule has 3 aromatic rings. The molecule has 0 saturated carbocycles. The zero-order valence-corrected chi connectivity index (χ0v) is 16.7. The van der Waals surface area contributed by atoms with E-state index >= 15 is 0 Å². The number of carbonyl (C=O) groups excluding carboxylic acids is 2. The molecule has 0 spiro atoms. The van der Waals surface area contributed by atoms with Gasteiger partial charge in [0.05, 0.1) is 28.7 Å². The summed E-state index contributed by atoms with van der Waals surface area (Å²) in [6.07, 6.45) is 1.02.